The van der Waals surface area contributed by atoms with Gasteiger partial charge in [-0.3, -0.25) is 5.32 Å². The Morgan fingerprint density at radius 2 is 2.43 bits per heavy atom. The van der Waals surface area contributed by atoms with E-state index in [1.54, 1.807) is 11.3 Å². The number of hydrogen-bond donors (Lipinski definition) is 1. The van der Waals surface area contributed by atoms with Crippen molar-refractivity contribution in [1.82, 2.24) is 5.32 Å². The molecule has 0 radical (unpaired) electrons. The summed E-state index contributed by atoms with van der Waals surface area (Å²) in [4.78, 5) is 2.31. The van der Waals surface area contributed by atoms with E-state index in [2.05, 4.69) is 34.2 Å². The molecule has 1 rings (SSSR count). The topological polar surface area (TPSA) is 35.8 Å². The van der Waals surface area contributed by atoms with E-state index in [1.165, 1.54) is 4.88 Å². The summed E-state index contributed by atoms with van der Waals surface area (Å²) in [7, 11) is 0. The van der Waals surface area contributed by atoms with Crippen LogP contribution in [0.2, 0.25) is 0 Å². The lowest BCUT2D eigenvalue weighted by Crippen LogP contribution is -2.19. The predicted octanol–water partition coefficient (Wildman–Crippen LogP) is 3.38. The van der Waals surface area contributed by atoms with Crippen molar-refractivity contribution in [1.29, 1.82) is 5.26 Å². The van der Waals surface area contributed by atoms with Crippen LogP contribution in [0.5, 0.6) is 0 Å². The molecule has 76 valence electrons. The van der Waals surface area contributed by atoms with E-state index in [0.29, 0.717) is 0 Å². The number of halogens is 1. The molecular weight excluding hydrogens is 260 g/mol. The molecule has 0 amide bonds. The lowest BCUT2D eigenvalue weighted by molar-refractivity contribution is 0.628. The molecule has 1 atom stereocenters. The third-order valence-corrected chi connectivity index (χ3v) is 4.09. The molecule has 1 heterocycles. The SMILES string of the molecule is CCCNC(C#N)c1cc(Br)c(C)s1. The summed E-state index contributed by atoms with van der Waals surface area (Å²) in [5, 5.41) is 12.2. The van der Waals surface area contributed by atoms with Gasteiger partial charge in [0, 0.05) is 14.2 Å². The van der Waals surface area contributed by atoms with Gasteiger partial charge in [-0.1, -0.05) is 6.92 Å². The Hall–Kier alpha value is -0.370. The zero-order valence-electron chi connectivity index (χ0n) is 8.30. The van der Waals surface area contributed by atoms with Gasteiger partial charge in [0.05, 0.1) is 6.07 Å². The number of nitrogens with zero attached hydrogens (tertiary/aromatic N) is 1. The molecule has 0 saturated heterocycles. The monoisotopic (exact) mass is 272 g/mol. The summed E-state index contributed by atoms with van der Waals surface area (Å²) in [6, 6.07) is 4.13. The highest BCUT2D eigenvalue weighted by atomic mass is 79.9. The lowest BCUT2D eigenvalue weighted by Gasteiger charge is -2.07. The van der Waals surface area contributed by atoms with Gasteiger partial charge in [-0.15, -0.1) is 11.3 Å². The smallest absolute Gasteiger partial charge is 0.130 e. The van der Waals surface area contributed by atoms with Crippen LogP contribution in [0, 0.1) is 18.3 Å². The van der Waals surface area contributed by atoms with Crippen LogP contribution in [-0.4, -0.2) is 6.54 Å². The third-order valence-electron chi connectivity index (χ3n) is 1.89. The minimum atomic E-state index is -0.162. The van der Waals surface area contributed by atoms with E-state index in [0.717, 1.165) is 22.3 Å². The molecule has 0 saturated carbocycles. The first-order valence-corrected chi connectivity index (χ1v) is 6.18. The van der Waals surface area contributed by atoms with Crippen LogP contribution in [0.15, 0.2) is 10.5 Å². The standard InChI is InChI=1S/C10H13BrN2S/c1-3-4-13-9(6-12)10-5-8(11)7(2)14-10/h5,9,13H,3-4H2,1-2H3. The molecule has 0 spiro atoms. The molecule has 0 bridgehead atoms. The summed E-state index contributed by atoms with van der Waals surface area (Å²) < 4.78 is 1.09. The molecule has 0 fully saturated rings. The van der Waals surface area contributed by atoms with Crippen molar-refractivity contribution in [2.24, 2.45) is 0 Å². The first-order valence-electron chi connectivity index (χ1n) is 4.57. The van der Waals surface area contributed by atoms with Gasteiger partial charge in [0.1, 0.15) is 6.04 Å². The van der Waals surface area contributed by atoms with Crippen molar-refractivity contribution in [3.8, 4) is 6.07 Å². The molecule has 4 heteroatoms. The molecule has 0 aliphatic heterocycles. The Kier molecular flexibility index (Phi) is 4.59. The van der Waals surface area contributed by atoms with Gasteiger partial charge < -0.3 is 0 Å². The first kappa shape index (κ1) is 11.7. The lowest BCUT2D eigenvalue weighted by atomic mass is 10.2. The molecular formula is C10H13BrN2S. The van der Waals surface area contributed by atoms with Crippen molar-refractivity contribution in [2.45, 2.75) is 26.3 Å². The summed E-state index contributed by atoms with van der Waals surface area (Å²) in [6.45, 7) is 5.02. The van der Waals surface area contributed by atoms with Crippen molar-refractivity contribution in [3.63, 3.8) is 0 Å². The van der Waals surface area contributed by atoms with Gasteiger partial charge >= 0.3 is 0 Å². The first-order chi connectivity index (χ1) is 6.69. The average Bonchev–Trinajstić information content (AvgIpc) is 2.48. The molecule has 1 N–H and O–H groups in total. The van der Waals surface area contributed by atoms with Gasteiger partial charge in [-0.2, -0.15) is 5.26 Å². The van der Waals surface area contributed by atoms with Crippen molar-refractivity contribution in [3.05, 3.63) is 20.3 Å². The van der Waals surface area contributed by atoms with Crippen LogP contribution in [0.1, 0.15) is 29.1 Å². The molecule has 0 aromatic carbocycles. The number of nitrogens with one attached hydrogen (secondary N) is 1. The summed E-state index contributed by atoms with van der Waals surface area (Å²) in [5.74, 6) is 0. The second kappa shape index (κ2) is 5.50. The highest BCUT2D eigenvalue weighted by Gasteiger charge is 2.13. The van der Waals surface area contributed by atoms with Crippen molar-refractivity contribution >= 4 is 27.3 Å². The molecule has 0 aliphatic rings. The van der Waals surface area contributed by atoms with Crippen molar-refractivity contribution < 1.29 is 0 Å². The summed E-state index contributed by atoms with van der Waals surface area (Å²) in [6.07, 6.45) is 1.05. The largest absolute Gasteiger partial charge is 0.298 e. The number of nitriles is 1. The fourth-order valence-corrected chi connectivity index (χ4v) is 2.70. The van der Waals surface area contributed by atoms with E-state index >= 15 is 0 Å². The Bertz CT molecular complexity index is 321. The maximum Gasteiger partial charge on any atom is 0.130 e. The van der Waals surface area contributed by atoms with Gasteiger partial charge in [-0.05, 0) is 41.9 Å². The van der Waals surface area contributed by atoms with Crippen molar-refractivity contribution in [2.75, 3.05) is 6.54 Å². The highest BCUT2D eigenvalue weighted by Crippen LogP contribution is 2.30. The zero-order valence-corrected chi connectivity index (χ0v) is 10.7. The highest BCUT2D eigenvalue weighted by molar-refractivity contribution is 9.10. The van der Waals surface area contributed by atoms with Gasteiger partial charge in [0.2, 0.25) is 0 Å². The van der Waals surface area contributed by atoms with Crippen LogP contribution in [0.3, 0.4) is 0 Å². The van der Waals surface area contributed by atoms with Gasteiger partial charge in [0.25, 0.3) is 0 Å². The Balaban J connectivity index is 2.75. The van der Waals surface area contributed by atoms with E-state index < -0.39 is 0 Å². The minimum Gasteiger partial charge on any atom is -0.298 e. The Labute approximate surface area is 97.1 Å². The molecule has 1 aromatic heterocycles. The van der Waals surface area contributed by atoms with E-state index in [4.69, 9.17) is 5.26 Å². The fraction of sp³-hybridized carbons (Fsp3) is 0.500. The Morgan fingerprint density at radius 3 is 2.86 bits per heavy atom. The number of thiophene rings is 1. The number of rotatable bonds is 4. The van der Waals surface area contributed by atoms with Gasteiger partial charge in [0.15, 0.2) is 0 Å². The van der Waals surface area contributed by atoms with Crippen LogP contribution in [-0.2, 0) is 0 Å². The maximum atomic E-state index is 8.99. The van der Waals surface area contributed by atoms with Crippen LogP contribution >= 0.6 is 27.3 Å². The fourth-order valence-electron chi connectivity index (χ4n) is 1.12. The normalized spacial score (nSPS) is 12.4. The Morgan fingerprint density at radius 1 is 1.71 bits per heavy atom. The van der Waals surface area contributed by atoms with Crippen LogP contribution in [0.4, 0.5) is 0 Å². The minimum absolute atomic E-state index is 0.162. The third kappa shape index (κ3) is 2.81. The van der Waals surface area contributed by atoms with Crippen LogP contribution in [0.25, 0.3) is 0 Å². The predicted molar refractivity (Wildman–Crippen MR) is 63.4 cm³/mol. The number of aryl methyl sites for hydroxylation is 1. The zero-order chi connectivity index (χ0) is 10.6. The van der Waals surface area contributed by atoms with E-state index in [1.807, 2.05) is 13.0 Å². The molecule has 1 unspecified atom stereocenters. The average molecular weight is 273 g/mol. The second-order valence-electron chi connectivity index (χ2n) is 3.07. The van der Waals surface area contributed by atoms with Gasteiger partial charge in [-0.25, -0.2) is 0 Å². The van der Waals surface area contributed by atoms with Crippen LogP contribution < -0.4 is 5.32 Å². The number of hydrogen-bond acceptors (Lipinski definition) is 3. The van der Waals surface area contributed by atoms with E-state index in [9.17, 15) is 0 Å². The summed E-state index contributed by atoms with van der Waals surface area (Å²) in [5.41, 5.74) is 0. The molecule has 2 nitrogen and oxygen atoms in total. The quantitative estimate of drug-likeness (QED) is 0.912. The molecule has 0 aliphatic carbocycles. The maximum absolute atomic E-state index is 8.99. The summed E-state index contributed by atoms with van der Waals surface area (Å²) >= 11 is 5.12. The van der Waals surface area contributed by atoms with E-state index in [-0.39, 0.29) is 6.04 Å². The molecule has 1 aromatic rings. The second-order valence-corrected chi connectivity index (χ2v) is 5.21. The molecule has 14 heavy (non-hydrogen) atoms.